The summed E-state index contributed by atoms with van der Waals surface area (Å²) in [5.41, 5.74) is 0.565. The minimum absolute atomic E-state index is 0.0221. The SMILES string of the molecule is CC(C)(C)[C@H](NC(=O)Cc1csc(-c2cccc(F)c2)n1)C(=O)O. The number of hydrogen-bond acceptors (Lipinski definition) is 4. The Hall–Kier alpha value is -2.28. The van der Waals surface area contributed by atoms with Crippen molar-refractivity contribution >= 4 is 23.2 Å². The van der Waals surface area contributed by atoms with E-state index in [4.69, 9.17) is 0 Å². The Balaban J connectivity index is 2.06. The van der Waals surface area contributed by atoms with E-state index >= 15 is 0 Å². The number of thiazole rings is 1. The van der Waals surface area contributed by atoms with Crippen LogP contribution >= 0.6 is 11.3 Å². The number of carboxylic acids is 1. The average Bonchev–Trinajstić information content (AvgIpc) is 2.91. The van der Waals surface area contributed by atoms with Crippen LogP contribution in [-0.4, -0.2) is 28.0 Å². The summed E-state index contributed by atoms with van der Waals surface area (Å²) in [7, 11) is 0. The molecule has 1 aromatic carbocycles. The number of carbonyl (C=O) groups excluding carboxylic acids is 1. The highest BCUT2D eigenvalue weighted by atomic mass is 32.1. The van der Waals surface area contributed by atoms with Gasteiger partial charge in [-0.25, -0.2) is 14.2 Å². The highest BCUT2D eigenvalue weighted by Gasteiger charge is 2.32. The van der Waals surface area contributed by atoms with Crippen molar-refractivity contribution in [1.29, 1.82) is 0 Å². The molecule has 0 unspecified atom stereocenters. The summed E-state index contributed by atoms with van der Waals surface area (Å²) in [6, 6.07) is 5.09. The number of aliphatic carboxylic acids is 1. The van der Waals surface area contributed by atoms with Crippen LogP contribution in [0.15, 0.2) is 29.6 Å². The fourth-order valence-electron chi connectivity index (χ4n) is 2.17. The average molecular weight is 350 g/mol. The van der Waals surface area contributed by atoms with Crippen molar-refractivity contribution in [2.45, 2.75) is 33.2 Å². The fourth-order valence-corrected chi connectivity index (χ4v) is 2.98. The number of rotatable bonds is 5. The molecule has 0 aliphatic heterocycles. The van der Waals surface area contributed by atoms with Gasteiger partial charge in [0.2, 0.25) is 5.91 Å². The van der Waals surface area contributed by atoms with E-state index in [9.17, 15) is 19.1 Å². The van der Waals surface area contributed by atoms with Crippen molar-refractivity contribution in [2.75, 3.05) is 0 Å². The molecule has 2 aromatic rings. The topological polar surface area (TPSA) is 79.3 Å². The normalized spacial score (nSPS) is 12.7. The summed E-state index contributed by atoms with van der Waals surface area (Å²) in [4.78, 5) is 27.7. The predicted octanol–water partition coefficient (Wildman–Crippen LogP) is 3.11. The highest BCUT2D eigenvalue weighted by molar-refractivity contribution is 7.13. The zero-order valence-electron chi connectivity index (χ0n) is 13.7. The molecule has 128 valence electrons. The Morgan fingerprint density at radius 2 is 2.08 bits per heavy atom. The van der Waals surface area contributed by atoms with Gasteiger partial charge in [0.25, 0.3) is 0 Å². The first-order chi connectivity index (χ1) is 11.2. The van der Waals surface area contributed by atoms with Gasteiger partial charge in [0.15, 0.2) is 0 Å². The number of aromatic nitrogens is 1. The maximum absolute atomic E-state index is 13.3. The smallest absolute Gasteiger partial charge is 0.326 e. The summed E-state index contributed by atoms with van der Waals surface area (Å²) in [6.07, 6.45) is -0.0221. The summed E-state index contributed by atoms with van der Waals surface area (Å²) >= 11 is 1.31. The zero-order valence-corrected chi connectivity index (χ0v) is 14.5. The van der Waals surface area contributed by atoms with Crippen molar-refractivity contribution in [3.8, 4) is 10.6 Å². The highest BCUT2D eigenvalue weighted by Crippen LogP contribution is 2.24. The molecule has 0 fully saturated rings. The molecular formula is C17H19FN2O3S. The van der Waals surface area contributed by atoms with Crippen molar-refractivity contribution < 1.29 is 19.1 Å². The minimum atomic E-state index is -1.07. The van der Waals surface area contributed by atoms with E-state index in [1.165, 1.54) is 23.5 Å². The van der Waals surface area contributed by atoms with Gasteiger partial charge in [0.05, 0.1) is 12.1 Å². The van der Waals surface area contributed by atoms with Crippen LogP contribution in [0.5, 0.6) is 0 Å². The summed E-state index contributed by atoms with van der Waals surface area (Å²) < 4.78 is 13.3. The van der Waals surface area contributed by atoms with Crippen LogP contribution in [-0.2, 0) is 16.0 Å². The van der Waals surface area contributed by atoms with E-state index < -0.39 is 23.3 Å². The number of nitrogens with zero attached hydrogens (tertiary/aromatic N) is 1. The number of halogens is 1. The molecule has 5 nitrogen and oxygen atoms in total. The van der Waals surface area contributed by atoms with Gasteiger partial charge in [-0.2, -0.15) is 0 Å². The molecule has 0 bridgehead atoms. The summed E-state index contributed by atoms with van der Waals surface area (Å²) in [5.74, 6) is -1.83. The molecule has 0 saturated heterocycles. The maximum atomic E-state index is 13.3. The molecule has 2 N–H and O–H groups in total. The second-order valence-electron chi connectivity index (χ2n) is 6.54. The molecule has 0 aliphatic carbocycles. The summed E-state index contributed by atoms with van der Waals surface area (Å²) in [6.45, 7) is 5.24. The second kappa shape index (κ2) is 7.09. The van der Waals surface area contributed by atoms with Crippen LogP contribution in [0.2, 0.25) is 0 Å². The van der Waals surface area contributed by atoms with E-state index in [1.54, 1.807) is 38.3 Å². The van der Waals surface area contributed by atoms with Gasteiger partial charge in [-0.15, -0.1) is 11.3 Å². The Kier molecular flexibility index (Phi) is 5.33. The number of nitrogens with one attached hydrogen (secondary N) is 1. The van der Waals surface area contributed by atoms with Crippen molar-refractivity contribution in [2.24, 2.45) is 5.41 Å². The Labute approximate surface area is 143 Å². The van der Waals surface area contributed by atoms with E-state index in [0.717, 1.165) is 0 Å². The first-order valence-electron chi connectivity index (χ1n) is 7.39. The van der Waals surface area contributed by atoms with Crippen LogP contribution in [0.1, 0.15) is 26.5 Å². The molecule has 1 amide bonds. The van der Waals surface area contributed by atoms with Crippen molar-refractivity contribution in [3.63, 3.8) is 0 Å². The number of benzene rings is 1. The van der Waals surface area contributed by atoms with Crippen LogP contribution in [0.25, 0.3) is 10.6 Å². The Morgan fingerprint density at radius 1 is 1.38 bits per heavy atom. The minimum Gasteiger partial charge on any atom is -0.480 e. The van der Waals surface area contributed by atoms with Crippen molar-refractivity contribution in [3.05, 3.63) is 41.2 Å². The third-order valence-corrected chi connectivity index (χ3v) is 4.32. The molecule has 0 radical (unpaired) electrons. The van der Waals surface area contributed by atoms with E-state index in [1.807, 2.05) is 0 Å². The lowest BCUT2D eigenvalue weighted by Gasteiger charge is -2.27. The fraction of sp³-hybridized carbons (Fsp3) is 0.353. The quantitative estimate of drug-likeness (QED) is 0.868. The van der Waals surface area contributed by atoms with Gasteiger partial charge >= 0.3 is 5.97 Å². The molecule has 0 aliphatic rings. The molecule has 7 heteroatoms. The Bertz CT molecular complexity index is 752. The molecule has 1 atom stereocenters. The summed E-state index contributed by atoms with van der Waals surface area (Å²) in [5, 5.41) is 14.1. The number of carboxylic acid groups (broad SMARTS) is 1. The molecule has 0 saturated carbocycles. The van der Waals surface area contributed by atoms with Crippen molar-refractivity contribution in [1.82, 2.24) is 10.3 Å². The lowest BCUT2D eigenvalue weighted by Crippen LogP contribution is -2.49. The lowest BCUT2D eigenvalue weighted by atomic mass is 9.86. The van der Waals surface area contributed by atoms with Gasteiger partial charge in [-0.1, -0.05) is 32.9 Å². The van der Waals surface area contributed by atoms with Crippen LogP contribution in [0.3, 0.4) is 0 Å². The van der Waals surface area contributed by atoms with Gasteiger partial charge in [0.1, 0.15) is 16.9 Å². The van der Waals surface area contributed by atoms with Gasteiger partial charge in [0, 0.05) is 10.9 Å². The predicted molar refractivity (Wildman–Crippen MR) is 90.2 cm³/mol. The van der Waals surface area contributed by atoms with E-state index in [2.05, 4.69) is 10.3 Å². The van der Waals surface area contributed by atoms with Gasteiger partial charge in [-0.3, -0.25) is 4.79 Å². The monoisotopic (exact) mass is 350 g/mol. The van der Waals surface area contributed by atoms with Crippen LogP contribution in [0, 0.1) is 11.2 Å². The first-order valence-corrected chi connectivity index (χ1v) is 8.27. The zero-order chi connectivity index (χ0) is 17.9. The lowest BCUT2D eigenvalue weighted by molar-refractivity contribution is -0.144. The molecule has 24 heavy (non-hydrogen) atoms. The second-order valence-corrected chi connectivity index (χ2v) is 7.39. The largest absolute Gasteiger partial charge is 0.480 e. The third kappa shape index (κ3) is 4.61. The Morgan fingerprint density at radius 3 is 2.67 bits per heavy atom. The number of amides is 1. The van der Waals surface area contributed by atoms with E-state index in [0.29, 0.717) is 16.3 Å². The van der Waals surface area contributed by atoms with Gasteiger partial charge < -0.3 is 10.4 Å². The molecule has 1 heterocycles. The van der Waals surface area contributed by atoms with Crippen LogP contribution in [0.4, 0.5) is 4.39 Å². The standard InChI is InChI=1S/C17H19FN2O3S/c1-17(2,3)14(16(22)23)20-13(21)8-12-9-24-15(19-12)10-5-4-6-11(18)7-10/h4-7,9,14H,8H2,1-3H3,(H,20,21)(H,22,23)/t14-/m1/s1. The number of hydrogen-bond donors (Lipinski definition) is 2. The number of carbonyl (C=O) groups is 2. The molecular weight excluding hydrogens is 331 g/mol. The van der Waals surface area contributed by atoms with Gasteiger partial charge in [-0.05, 0) is 17.5 Å². The molecule has 2 rings (SSSR count). The maximum Gasteiger partial charge on any atom is 0.326 e. The third-order valence-electron chi connectivity index (χ3n) is 3.38. The molecule has 0 spiro atoms. The van der Waals surface area contributed by atoms with E-state index in [-0.39, 0.29) is 12.2 Å². The van der Waals surface area contributed by atoms with Crippen LogP contribution < -0.4 is 5.32 Å². The molecule has 1 aromatic heterocycles. The first kappa shape index (κ1) is 18.1.